The van der Waals surface area contributed by atoms with Crippen molar-refractivity contribution in [2.24, 2.45) is 0 Å². The molecule has 0 bridgehead atoms. The Bertz CT molecular complexity index is 551. The highest BCUT2D eigenvalue weighted by molar-refractivity contribution is 5.95. The van der Waals surface area contributed by atoms with E-state index < -0.39 is 5.97 Å². The molecule has 24 heavy (non-hydrogen) atoms. The van der Waals surface area contributed by atoms with Crippen LogP contribution in [-0.4, -0.2) is 65.8 Å². The van der Waals surface area contributed by atoms with E-state index in [-0.39, 0.29) is 18.6 Å². The Morgan fingerprint density at radius 1 is 1.33 bits per heavy atom. The van der Waals surface area contributed by atoms with Crippen molar-refractivity contribution in [3.8, 4) is 0 Å². The molecule has 0 aliphatic carbocycles. The lowest BCUT2D eigenvalue weighted by Crippen LogP contribution is -2.40. The van der Waals surface area contributed by atoms with Gasteiger partial charge in [-0.05, 0) is 38.8 Å². The van der Waals surface area contributed by atoms with E-state index in [0.29, 0.717) is 18.7 Å². The fourth-order valence-electron chi connectivity index (χ4n) is 2.85. The van der Waals surface area contributed by atoms with Gasteiger partial charge in [0, 0.05) is 32.4 Å². The summed E-state index contributed by atoms with van der Waals surface area (Å²) in [5.74, 6) is -0.555. The predicted molar refractivity (Wildman–Crippen MR) is 90.3 cm³/mol. The third-order valence-electron chi connectivity index (χ3n) is 4.14. The first kappa shape index (κ1) is 18.2. The standard InChI is InChI=1S/C17H25N3O4/c1-3-19(4-2)15-8-7-13(10-18-15)17(23)20(12-16(21)22)11-14-6-5-9-24-14/h7-8,10,14H,3-6,9,11-12H2,1-2H3,(H,21,22). The molecule has 1 fully saturated rings. The summed E-state index contributed by atoms with van der Waals surface area (Å²) in [5.41, 5.74) is 0.394. The Morgan fingerprint density at radius 3 is 2.58 bits per heavy atom. The molecule has 1 unspecified atom stereocenters. The summed E-state index contributed by atoms with van der Waals surface area (Å²) in [4.78, 5) is 31.5. The third kappa shape index (κ3) is 4.67. The first-order valence-electron chi connectivity index (χ1n) is 8.38. The van der Waals surface area contributed by atoms with Crippen LogP contribution in [0, 0.1) is 0 Å². The van der Waals surface area contributed by atoms with Crippen LogP contribution in [0.25, 0.3) is 0 Å². The van der Waals surface area contributed by atoms with Crippen molar-refractivity contribution in [3.05, 3.63) is 23.9 Å². The van der Waals surface area contributed by atoms with Crippen LogP contribution >= 0.6 is 0 Å². The minimum atomic E-state index is -1.03. The second-order valence-electron chi connectivity index (χ2n) is 5.79. The largest absolute Gasteiger partial charge is 0.480 e. The van der Waals surface area contributed by atoms with Gasteiger partial charge in [-0.2, -0.15) is 0 Å². The van der Waals surface area contributed by atoms with Crippen LogP contribution in [0.2, 0.25) is 0 Å². The van der Waals surface area contributed by atoms with Crippen molar-refractivity contribution in [2.75, 3.05) is 37.7 Å². The van der Waals surface area contributed by atoms with Crippen molar-refractivity contribution in [1.82, 2.24) is 9.88 Å². The fraction of sp³-hybridized carbons (Fsp3) is 0.588. The fourth-order valence-corrected chi connectivity index (χ4v) is 2.85. The number of pyridine rings is 1. The van der Waals surface area contributed by atoms with Crippen molar-refractivity contribution < 1.29 is 19.4 Å². The van der Waals surface area contributed by atoms with E-state index in [4.69, 9.17) is 9.84 Å². The first-order valence-corrected chi connectivity index (χ1v) is 8.38. The molecule has 7 nitrogen and oxygen atoms in total. The maximum atomic E-state index is 12.6. The Balaban J connectivity index is 2.10. The zero-order valence-corrected chi connectivity index (χ0v) is 14.3. The first-order chi connectivity index (χ1) is 11.5. The quantitative estimate of drug-likeness (QED) is 0.777. The Hall–Kier alpha value is -2.15. The van der Waals surface area contributed by atoms with Gasteiger partial charge in [-0.25, -0.2) is 4.98 Å². The lowest BCUT2D eigenvalue weighted by atomic mass is 10.2. The second kappa shape index (κ2) is 8.63. The number of rotatable bonds is 8. The molecular weight excluding hydrogens is 310 g/mol. The van der Waals surface area contributed by atoms with Crippen molar-refractivity contribution in [3.63, 3.8) is 0 Å². The maximum absolute atomic E-state index is 12.6. The van der Waals surface area contributed by atoms with Gasteiger partial charge in [0.2, 0.25) is 0 Å². The molecule has 0 saturated carbocycles. The van der Waals surface area contributed by atoms with Gasteiger partial charge in [0.25, 0.3) is 5.91 Å². The van der Waals surface area contributed by atoms with Crippen LogP contribution < -0.4 is 4.90 Å². The number of ether oxygens (including phenoxy) is 1. The summed E-state index contributed by atoms with van der Waals surface area (Å²) in [6.07, 6.45) is 3.22. The molecule has 0 radical (unpaired) electrons. The highest BCUT2D eigenvalue weighted by atomic mass is 16.5. The summed E-state index contributed by atoms with van der Waals surface area (Å²) in [7, 11) is 0. The Labute approximate surface area is 142 Å². The number of carboxylic acids is 1. The van der Waals surface area contributed by atoms with Gasteiger partial charge in [0.15, 0.2) is 0 Å². The van der Waals surface area contributed by atoms with E-state index in [1.165, 1.54) is 11.1 Å². The highest BCUT2D eigenvalue weighted by Gasteiger charge is 2.25. The molecule has 2 heterocycles. The number of hydrogen-bond acceptors (Lipinski definition) is 5. The number of aliphatic carboxylic acids is 1. The molecule has 1 atom stereocenters. The van der Waals surface area contributed by atoms with Crippen LogP contribution in [-0.2, 0) is 9.53 Å². The molecular formula is C17H25N3O4. The van der Waals surface area contributed by atoms with Gasteiger partial charge in [0.1, 0.15) is 12.4 Å². The number of hydrogen-bond donors (Lipinski definition) is 1. The number of carbonyl (C=O) groups excluding carboxylic acids is 1. The zero-order valence-electron chi connectivity index (χ0n) is 14.3. The molecule has 1 aliphatic heterocycles. The highest BCUT2D eigenvalue weighted by Crippen LogP contribution is 2.16. The van der Waals surface area contributed by atoms with Crippen LogP contribution in [0.1, 0.15) is 37.0 Å². The summed E-state index contributed by atoms with van der Waals surface area (Å²) in [6, 6.07) is 3.50. The number of carboxylic acid groups (broad SMARTS) is 1. The number of anilines is 1. The molecule has 1 N–H and O–H groups in total. The molecule has 0 aromatic carbocycles. The van der Waals surface area contributed by atoms with Crippen LogP contribution in [0.15, 0.2) is 18.3 Å². The molecule has 0 spiro atoms. The van der Waals surface area contributed by atoms with Crippen molar-refractivity contribution in [2.45, 2.75) is 32.8 Å². The van der Waals surface area contributed by atoms with Crippen LogP contribution in [0.5, 0.6) is 0 Å². The maximum Gasteiger partial charge on any atom is 0.323 e. The lowest BCUT2D eigenvalue weighted by molar-refractivity contribution is -0.138. The molecule has 1 aromatic heterocycles. The van der Waals surface area contributed by atoms with Gasteiger partial charge in [-0.1, -0.05) is 0 Å². The summed E-state index contributed by atoms with van der Waals surface area (Å²) in [6.45, 7) is 6.38. The Morgan fingerprint density at radius 2 is 2.08 bits per heavy atom. The SMILES string of the molecule is CCN(CC)c1ccc(C(=O)N(CC(=O)O)CC2CCCO2)cn1. The molecule has 1 amide bonds. The van der Waals surface area contributed by atoms with E-state index in [1.54, 1.807) is 12.1 Å². The number of aromatic nitrogens is 1. The van der Waals surface area contributed by atoms with E-state index in [1.807, 2.05) is 13.8 Å². The minimum absolute atomic E-state index is 0.0868. The number of amides is 1. The van der Waals surface area contributed by atoms with E-state index in [9.17, 15) is 9.59 Å². The molecule has 1 saturated heterocycles. The topological polar surface area (TPSA) is 83.0 Å². The molecule has 132 valence electrons. The summed E-state index contributed by atoms with van der Waals surface area (Å²) in [5, 5.41) is 9.08. The van der Waals surface area contributed by atoms with E-state index in [0.717, 1.165) is 31.7 Å². The molecule has 1 aliphatic rings. The monoisotopic (exact) mass is 335 g/mol. The number of carbonyl (C=O) groups is 2. The lowest BCUT2D eigenvalue weighted by Gasteiger charge is -2.24. The van der Waals surface area contributed by atoms with Gasteiger partial charge >= 0.3 is 5.97 Å². The molecule has 7 heteroatoms. The van der Waals surface area contributed by atoms with E-state index >= 15 is 0 Å². The summed E-state index contributed by atoms with van der Waals surface area (Å²) < 4.78 is 5.52. The number of nitrogens with zero attached hydrogens (tertiary/aromatic N) is 3. The molecule has 2 rings (SSSR count). The van der Waals surface area contributed by atoms with Crippen LogP contribution in [0.4, 0.5) is 5.82 Å². The molecule has 1 aromatic rings. The van der Waals surface area contributed by atoms with Crippen molar-refractivity contribution >= 4 is 17.7 Å². The Kier molecular flexibility index (Phi) is 6.54. The predicted octanol–water partition coefficient (Wildman–Crippen LogP) is 1.63. The average Bonchev–Trinajstić information content (AvgIpc) is 3.08. The van der Waals surface area contributed by atoms with Gasteiger partial charge in [0.05, 0.1) is 11.7 Å². The van der Waals surface area contributed by atoms with Crippen LogP contribution in [0.3, 0.4) is 0 Å². The minimum Gasteiger partial charge on any atom is -0.480 e. The zero-order chi connectivity index (χ0) is 17.5. The van der Waals surface area contributed by atoms with Gasteiger partial charge in [-0.15, -0.1) is 0 Å². The third-order valence-corrected chi connectivity index (χ3v) is 4.14. The van der Waals surface area contributed by atoms with Gasteiger partial charge in [-0.3, -0.25) is 9.59 Å². The second-order valence-corrected chi connectivity index (χ2v) is 5.79. The van der Waals surface area contributed by atoms with E-state index in [2.05, 4.69) is 9.88 Å². The van der Waals surface area contributed by atoms with Crippen molar-refractivity contribution in [1.29, 1.82) is 0 Å². The average molecular weight is 335 g/mol. The smallest absolute Gasteiger partial charge is 0.323 e. The summed E-state index contributed by atoms with van der Waals surface area (Å²) >= 11 is 0. The normalized spacial score (nSPS) is 16.8. The van der Waals surface area contributed by atoms with Gasteiger partial charge < -0.3 is 19.6 Å².